The fraction of sp³-hybridized carbons (Fsp3) is 0.333. The van der Waals surface area contributed by atoms with Gasteiger partial charge in [-0.2, -0.15) is 13.2 Å². The van der Waals surface area contributed by atoms with E-state index >= 15 is 0 Å². The van der Waals surface area contributed by atoms with Crippen molar-refractivity contribution in [2.45, 2.75) is 25.6 Å². The van der Waals surface area contributed by atoms with Crippen molar-refractivity contribution in [1.82, 2.24) is 5.32 Å². The number of aliphatic carboxylic acids is 1. The van der Waals surface area contributed by atoms with Crippen LogP contribution in [-0.4, -0.2) is 29.2 Å². The maximum Gasteiger partial charge on any atom is 0.391 e. The molecule has 1 unspecified atom stereocenters. The first-order valence-corrected chi connectivity index (χ1v) is 5.84. The Balaban J connectivity index is 2.88. The average molecular weight is 310 g/mol. The van der Waals surface area contributed by atoms with Crippen LogP contribution in [-0.2, 0) is 4.79 Å². The third-order valence-corrected chi connectivity index (χ3v) is 2.71. The number of carboxylic acids is 1. The van der Waals surface area contributed by atoms with Crippen LogP contribution in [0.5, 0.6) is 0 Å². The molecule has 20 heavy (non-hydrogen) atoms. The second-order valence-corrected chi connectivity index (χ2v) is 4.58. The number of carbonyl (C=O) groups is 2. The summed E-state index contributed by atoms with van der Waals surface area (Å²) in [5.41, 5.74) is 0.508. The standard InChI is InChI=1S/C12H11ClF3NO3/c1-6-4-7(13)2-3-8(6)10(18)17-9(11(19)20)5-12(14,15)16/h2-4,9H,5H2,1H3,(H,17,18)(H,19,20). The molecule has 0 aliphatic rings. The number of nitrogens with one attached hydrogen (secondary N) is 1. The van der Waals surface area contributed by atoms with Crippen LogP contribution in [0.15, 0.2) is 18.2 Å². The maximum absolute atomic E-state index is 12.2. The van der Waals surface area contributed by atoms with Crippen molar-refractivity contribution in [3.05, 3.63) is 34.3 Å². The van der Waals surface area contributed by atoms with Crippen LogP contribution in [0.25, 0.3) is 0 Å². The van der Waals surface area contributed by atoms with E-state index in [1.165, 1.54) is 18.2 Å². The number of rotatable bonds is 4. The van der Waals surface area contributed by atoms with Gasteiger partial charge in [0.15, 0.2) is 0 Å². The molecule has 0 aliphatic heterocycles. The molecule has 0 bridgehead atoms. The molecule has 110 valence electrons. The summed E-state index contributed by atoms with van der Waals surface area (Å²) in [5, 5.41) is 10.9. The first-order valence-electron chi connectivity index (χ1n) is 5.46. The van der Waals surface area contributed by atoms with Crippen LogP contribution in [0.2, 0.25) is 5.02 Å². The summed E-state index contributed by atoms with van der Waals surface area (Å²) in [6, 6.07) is 2.14. The smallest absolute Gasteiger partial charge is 0.391 e. The molecular formula is C12H11ClF3NO3. The van der Waals surface area contributed by atoms with Gasteiger partial charge in [-0.05, 0) is 30.7 Å². The summed E-state index contributed by atoms with van der Waals surface area (Å²) in [4.78, 5) is 22.5. The highest BCUT2D eigenvalue weighted by Gasteiger charge is 2.36. The van der Waals surface area contributed by atoms with Crippen molar-refractivity contribution in [2.75, 3.05) is 0 Å². The van der Waals surface area contributed by atoms with Crippen LogP contribution in [0.4, 0.5) is 13.2 Å². The van der Waals surface area contributed by atoms with Gasteiger partial charge in [0, 0.05) is 10.6 Å². The van der Waals surface area contributed by atoms with Gasteiger partial charge in [0.05, 0.1) is 6.42 Å². The first kappa shape index (κ1) is 16.3. The van der Waals surface area contributed by atoms with E-state index in [1.54, 1.807) is 6.92 Å². The number of carbonyl (C=O) groups excluding carboxylic acids is 1. The summed E-state index contributed by atoms with van der Waals surface area (Å²) in [7, 11) is 0. The highest BCUT2D eigenvalue weighted by molar-refractivity contribution is 6.30. The van der Waals surface area contributed by atoms with Crippen molar-refractivity contribution in [3.8, 4) is 0 Å². The second kappa shape index (κ2) is 6.13. The van der Waals surface area contributed by atoms with Gasteiger partial charge >= 0.3 is 12.1 Å². The molecule has 1 aromatic carbocycles. The topological polar surface area (TPSA) is 66.4 Å². The lowest BCUT2D eigenvalue weighted by Crippen LogP contribution is -2.43. The average Bonchev–Trinajstić information content (AvgIpc) is 2.25. The fourth-order valence-corrected chi connectivity index (χ4v) is 1.78. The second-order valence-electron chi connectivity index (χ2n) is 4.14. The number of carboxylic acid groups (broad SMARTS) is 1. The molecule has 1 amide bonds. The molecule has 0 heterocycles. The highest BCUT2D eigenvalue weighted by Crippen LogP contribution is 2.22. The van der Waals surface area contributed by atoms with Crippen LogP contribution >= 0.6 is 11.6 Å². The quantitative estimate of drug-likeness (QED) is 0.898. The summed E-state index contributed by atoms with van der Waals surface area (Å²) in [5.74, 6) is -2.64. The molecule has 1 atom stereocenters. The highest BCUT2D eigenvalue weighted by atomic mass is 35.5. The summed E-state index contributed by atoms with van der Waals surface area (Å²) >= 11 is 5.69. The van der Waals surface area contributed by atoms with Crippen LogP contribution in [0.1, 0.15) is 22.3 Å². The van der Waals surface area contributed by atoms with E-state index < -0.39 is 30.5 Å². The van der Waals surface area contributed by atoms with Crippen molar-refractivity contribution < 1.29 is 27.9 Å². The number of hydrogen-bond donors (Lipinski definition) is 2. The number of hydrogen-bond acceptors (Lipinski definition) is 2. The fourth-order valence-electron chi connectivity index (χ4n) is 1.55. The molecule has 0 radical (unpaired) electrons. The van der Waals surface area contributed by atoms with Gasteiger partial charge in [0.25, 0.3) is 5.91 Å². The lowest BCUT2D eigenvalue weighted by Gasteiger charge is -2.17. The predicted molar refractivity (Wildman–Crippen MR) is 65.8 cm³/mol. The summed E-state index contributed by atoms with van der Waals surface area (Å²) < 4.78 is 36.7. The zero-order valence-electron chi connectivity index (χ0n) is 10.3. The Kier molecular flexibility index (Phi) is 4.99. The summed E-state index contributed by atoms with van der Waals surface area (Å²) in [6.07, 6.45) is -6.33. The van der Waals surface area contributed by atoms with Gasteiger partial charge in [-0.1, -0.05) is 11.6 Å². The zero-order chi connectivity index (χ0) is 15.5. The molecule has 2 N–H and O–H groups in total. The van der Waals surface area contributed by atoms with Crippen LogP contribution in [0, 0.1) is 6.92 Å². The molecule has 1 rings (SSSR count). The van der Waals surface area contributed by atoms with Gasteiger partial charge in [-0.3, -0.25) is 4.79 Å². The Morgan fingerprint density at radius 1 is 1.40 bits per heavy atom. The van der Waals surface area contributed by atoms with Crippen molar-refractivity contribution in [3.63, 3.8) is 0 Å². The van der Waals surface area contributed by atoms with Crippen LogP contribution in [0.3, 0.4) is 0 Å². The zero-order valence-corrected chi connectivity index (χ0v) is 11.0. The minimum Gasteiger partial charge on any atom is -0.480 e. The van der Waals surface area contributed by atoms with Crippen molar-refractivity contribution in [2.24, 2.45) is 0 Å². The molecule has 8 heteroatoms. The monoisotopic (exact) mass is 309 g/mol. The molecule has 4 nitrogen and oxygen atoms in total. The van der Waals surface area contributed by atoms with E-state index in [1.807, 2.05) is 5.32 Å². The normalized spacial score (nSPS) is 12.8. The number of alkyl halides is 3. The number of halogens is 4. The minimum atomic E-state index is -4.69. The van der Waals surface area contributed by atoms with Crippen LogP contribution < -0.4 is 5.32 Å². The van der Waals surface area contributed by atoms with E-state index in [2.05, 4.69) is 0 Å². The SMILES string of the molecule is Cc1cc(Cl)ccc1C(=O)NC(CC(F)(F)F)C(=O)O. The molecule has 0 fully saturated rings. The van der Waals surface area contributed by atoms with Gasteiger partial charge in [0.1, 0.15) is 6.04 Å². The summed E-state index contributed by atoms with van der Waals surface area (Å²) in [6.45, 7) is 1.54. The van der Waals surface area contributed by atoms with Gasteiger partial charge in [0.2, 0.25) is 0 Å². The van der Waals surface area contributed by atoms with Gasteiger partial charge < -0.3 is 10.4 Å². The Bertz CT molecular complexity index is 531. The number of amides is 1. The lowest BCUT2D eigenvalue weighted by atomic mass is 10.1. The van der Waals surface area contributed by atoms with Gasteiger partial charge in [-0.15, -0.1) is 0 Å². The molecule has 0 aliphatic carbocycles. The molecular weight excluding hydrogens is 299 g/mol. The molecule has 1 aromatic rings. The predicted octanol–water partition coefficient (Wildman–Crippen LogP) is 2.78. The van der Waals surface area contributed by atoms with E-state index in [0.29, 0.717) is 10.6 Å². The molecule has 0 spiro atoms. The van der Waals surface area contributed by atoms with E-state index in [-0.39, 0.29) is 5.56 Å². The molecule has 0 aromatic heterocycles. The third kappa shape index (κ3) is 4.73. The Morgan fingerprint density at radius 2 is 2.00 bits per heavy atom. The van der Waals surface area contributed by atoms with E-state index in [4.69, 9.17) is 16.7 Å². The first-order chi connectivity index (χ1) is 9.10. The number of benzene rings is 1. The van der Waals surface area contributed by atoms with E-state index in [9.17, 15) is 22.8 Å². The van der Waals surface area contributed by atoms with Crippen molar-refractivity contribution >= 4 is 23.5 Å². The van der Waals surface area contributed by atoms with E-state index in [0.717, 1.165) is 0 Å². The third-order valence-electron chi connectivity index (χ3n) is 2.47. The Hall–Kier alpha value is -1.76. The largest absolute Gasteiger partial charge is 0.480 e. The molecule has 0 saturated carbocycles. The molecule has 0 saturated heterocycles. The maximum atomic E-state index is 12.2. The Labute approximate surface area is 117 Å². The number of aryl methyl sites for hydroxylation is 1. The lowest BCUT2D eigenvalue weighted by molar-refractivity contribution is -0.157. The van der Waals surface area contributed by atoms with Gasteiger partial charge in [-0.25, -0.2) is 4.79 Å². The van der Waals surface area contributed by atoms with Crippen molar-refractivity contribution in [1.29, 1.82) is 0 Å². The Morgan fingerprint density at radius 3 is 2.45 bits per heavy atom. The minimum absolute atomic E-state index is 0.0721.